The maximum atomic E-state index is 14.1. The third-order valence-electron chi connectivity index (χ3n) is 9.22. The summed E-state index contributed by atoms with van der Waals surface area (Å²) < 4.78 is 40.4. The van der Waals surface area contributed by atoms with Crippen molar-refractivity contribution in [3.05, 3.63) is 0 Å². The van der Waals surface area contributed by atoms with E-state index in [9.17, 15) is 41.9 Å². The van der Waals surface area contributed by atoms with E-state index in [1.807, 2.05) is 27.7 Å². The summed E-state index contributed by atoms with van der Waals surface area (Å²) in [7, 11) is 0. The number of rotatable bonds is 13. The summed E-state index contributed by atoms with van der Waals surface area (Å²) >= 11 is 0. The minimum absolute atomic E-state index is 0.0660. The monoisotopic (exact) mass is 643 g/mol. The Bertz CT molecular complexity index is 1190. The first-order valence-corrected chi connectivity index (χ1v) is 15.7. The molecule has 6 atom stereocenters. The molecule has 2 saturated carbocycles. The second kappa shape index (κ2) is 13.3. The fourth-order valence-electron chi connectivity index (χ4n) is 6.31. The molecule has 14 heteroatoms. The van der Waals surface area contributed by atoms with Gasteiger partial charge in [0.15, 0.2) is 5.78 Å². The van der Waals surface area contributed by atoms with E-state index >= 15 is 0 Å². The third kappa shape index (κ3) is 8.55. The predicted octanol–water partition coefficient (Wildman–Crippen LogP) is 2.72. The van der Waals surface area contributed by atoms with E-state index in [0.29, 0.717) is 6.42 Å². The predicted molar refractivity (Wildman–Crippen MR) is 158 cm³/mol. The molecule has 1 aliphatic heterocycles. The highest BCUT2D eigenvalue weighted by Crippen LogP contribution is 2.65. The number of hydrogen-bond acceptors (Lipinski definition) is 6. The molecule has 0 aromatic rings. The number of nitrogens with one attached hydrogen (secondary N) is 4. The summed E-state index contributed by atoms with van der Waals surface area (Å²) in [4.78, 5) is 79.9. The van der Waals surface area contributed by atoms with E-state index in [4.69, 9.17) is 0 Å². The van der Waals surface area contributed by atoms with Crippen LogP contribution in [-0.2, 0) is 24.0 Å². The SMILES string of the molecule is CCCNC(=O)C(=O)C(CC(F)(F)F)NC(=O)[C@@H]1[C@@H]2[C@H](CN1C(=O)[C@@H](NC(=O)N[C@H](C(=O)C1CC1)C(C)C)C(C)(C)C)C2(C)C. The Morgan fingerprint density at radius 3 is 2.04 bits per heavy atom. The highest BCUT2D eigenvalue weighted by Gasteiger charge is 2.70. The molecule has 1 heterocycles. The number of carbonyl (C=O) groups is 6. The van der Waals surface area contributed by atoms with Crippen molar-refractivity contribution >= 4 is 35.3 Å². The lowest BCUT2D eigenvalue weighted by molar-refractivity contribution is -0.155. The molecular formula is C31H48F3N5O6. The van der Waals surface area contributed by atoms with Crippen LogP contribution in [-0.4, -0.2) is 83.7 Å². The molecule has 0 aromatic heterocycles. The van der Waals surface area contributed by atoms with Gasteiger partial charge in [0.2, 0.25) is 17.6 Å². The molecule has 254 valence electrons. The number of nitrogens with zero attached hydrogens (tertiary/aromatic N) is 1. The number of alkyl halides is 3. The number of hydrogen-bond donors (Lipinski definition) is 4. The number of urea groups is 1. The second-order valence-electron chi connectivity index (χ2n) is 14.7. The number of piperidine rings is 1. The van der Waals surface area contributed by atoms with Gasteiger partial charge in [-0.25, -0.2) is 4.79 Å². The average molecular weight is 644 g/mol. The molecule has 1 saturated heterocycles. The number of Topliss-reactive ketones (excluding diaryl/α,β-unsaturated/α-hetero) is 2. The van der Waals surface area contributed by atoms with Crippen LogP contribution in [0.1, 0.15) is 81.1 Å². The number of halogens is 3. The fraction of sp³-hybridized carbons (Fsp3) is 0.806. The fourth-order valence-corrected chi connectivity index (χ4v) is 6.31. The zero-order valence-electron chi connectivity index (χ0n) is 27.4. The van der Waals surface area contributed by atoms with Gasteiger partial charge in [-0.15, -0.1) is 0 Å². The molecule has 4 N–H and O–H groups in total. The van der Waals surface area contributed by atoms with E-state index in [-0.39, 0.29) is 36.6 Å². The van der Waals surface area contributed by atoms with Gasteiger partial charge in [0, 0.05) is 19.0 Å². The Kier molecular flexibility index (Phi) is 10.7. The molecule has 0 bridgehead atoms. The molecule has 0 spiro atoms. The lowest BCUT2D eigenvalue weighted by Crippen LogP contribution is -2.62. The van der Waals surface area contributed by atoms with Crippen LogP contribution in [0.2, 0.25) is 0 Å². The highest BCUT2D eigenvalue weighted by atomic mass is 19.4. The van der Waals surface area contributed by atoms with E-state index in [0.717, 1.165) is 12.8 Å². The Balaban J connectivity index is 1.84. The van der Waals surface area contributed by atoms with Crippen molar-refractivity contribution in [3.63, 3.8) is 0 Å². The van der Waals surface area contributed by atoms with Crippen LogP contribution < -0.4 is 21.3 Å². The summed E-state index contributed by atoms with van der Waals surface area (Å²) in [5.74, 6) is -5.16. The van der Waals surface area contributed by atoms with Crippen LogP contribution in [0.4, 0.5) is 18.0 Å². The molecule has 3 aliphatic rings. The number of amides is 5. The molecular weight excluding hydrogens is 595 g/mol. The maximum absolute atomic E-state index is 14.1. The number of ketones is 2. The van der Waals surface area contributed by atoms with E-state index < -0.39 is 83.0 Å². The minimum Gasteiger partial charge on any atom is -0.349 e. The van der Waals surface area contributed by atoms with Crippen molar-refractivity contribution in [2.75, 3.05) is 13.1 Å². The smallest absolute Gasteiger partial charge is 0.349 e. The van der Waals surface area contributed by atoms with Gasteiger partial charge in [0.1, 0.15) is 18.1 Å². The van der Waals surface area contributed by atoms with Crippen LogP contribution in [0.5, 0.6) is 0 Å². The Hall–Kier alpha value is -3.19. The normalized spacial score (nSPS) is 24.2. The van der Waals surface area contributed by atoms with E-state index in [1.54, 1.807) is 27.7 Å². The third-order valence-corrected chi connectivity index (χ3v) is 9.22. The zero-order valence-corrected chi connectivity index (χ0v) is 27.4. The van der Waals surface area contributed by atoms with Crippen molar-refractivity contribution in [1.82, 2.24) is 26.2 Å². The number of carbonyl (C=O) groups excluding carboxylic acids is 6. The number of fused-ring (bicyclic) bond motifs is 1. The first-order chi connectivity index (χ1) is 20.6. The number of likely N-dealkylation sites (tertiary alicyclic amines) is 1. The Morgan fingerprint density at radius 2 is 1.56 bits per heavy atom. The maximum Gasteiger partial charge on any atom is 0.391 e. The van der Waals surface area contributed by atoms with Crippen LogP contribution in [0, 0.1) is 34.5 Å². The van der Waals surface area contributed by atoms with E-state index in [1.165, 1.54) is 4.90 Å². The lowest BCUT2D eigenvalue weighted by atomic mass is 9.85. The molecule has 3 rings (SSSR count). The summed E-state index contributed by atoms with van der Waals surface area (Å²) in [6.45, 7) is 14.4. The van der Waals surface area contributed by atoms with Gasteiger partial charge in [0.25, 0.3) is 5.91 Å². The van der Waals surface area contributed by atoms with Crippen molar-refractivity contribution in [3.8, 4) is 0 Å². The summed E-state index contributed by atoms with van der Waals surface area (Å²) in [6, 6.07) is -6.04. The average Bonchev–Trinajstić information content (AvgIpc) is 3.79. The summed E-state index contributed by atoms with van der Waals surface area (Å²) in [5.41, 5.74) is -1.27. The van der Waals surface area contributed by atoms with Crippen LogP contribution >= 0.6 is 0 Å². The molecule has 0 radical (unpaired) electrons. The molecule has 0 aromatic carbocycles. The lowest BCUT2D eigenvalue weighted by Gasteiger charge is -2.38. The van der Waals surface area contributed by atoms with Crippen LogP contribution in [0.3, 0.4) is 0 Å². The van der Waals surface area contributed by atoms with Crippen molar-refractivity contribution < 1.29 is 41.9 Å². The van der Waals surface area contributed by atoms with Gasteiger partial charge in [-0.2, -0.15) is 13.2 Å². The first-order valence-electron chi connectivity index (χ1n) is 15.7. The van der Waals surface area contributed by atoms with Gasteiger partial charge < -0.3 is 26.2 Å². The Morgan fingerprint density at radius 1 is 0.956 bits per heavy atom. The largest absolute Gasteiger partial charge is 0.391 e. The zero-order chi connectivity index (χ0) is 34.2. The van der Waals surface area contributed by atoms with E-state index in [2.05, 4.69) is 21.3 Å². The van der Waals surface area contributed by atoms with Gasteiger partial charge in [-0.1, -0.05) is 55.4 Å². The van der Waals surface area contributed by atoms with Gasteiger partial charge in [-0.3, -0.25) is 24.0 Å². The first kappa shape index (κ1) is 36.3. The van der Waals surface area contributed by atoms with Crippen LogP contribution in [0.25, 0.3) is 0 Å². The second-order valence-corrected chi connectivity index (χ2v) is 14.7. The summed E-state index contributed by atoms with van der Waals surface area (Å²) in [5, 5.41) is 9.77. The van der Waals surface area contributed by atoms with Crippen molar-refractivity contribution in [2.45, 2.75) is 111 Å². The van der Waals surface area contributed by atoms with Crippen molar-refractivity contribution in [1.29, 1.82) is 0 Å². The molecule has 45 heavy (non-hydrogen) atoms. The quantitative estimate of drug-likeness (QED) is 0.227. The molecule has 3 fully saturated rings. The topological polar surface area (TPSA) is 154 Å². The van der Waals surface area contributed by atoms with Gasteiger partial charge >= 0.3 is 12.2 Å². The van der Waals surface area contributed by atoms with Crippen LogP contribution in [0.15, 0.2) is 0 Å². The van der Waals surface area contributed by atoms with Gasteiger partial charge in [-0.05, 0) is 47.8 Å². The van der Waals surface area contributed by atoms with Gasteiger partial charge in [0.05, 0.1) is 12.5 Å². The minimum atomic E-state index is -4.87. The molecule has 11 nitrogen and oxygen atoms in total. The molecule has 1 unspecified atom stereocenters. The molecule has 2 aliphatic carbocycles. The summed E-state index contributed by atoms with van der Waals surface area (Å²) in [6.07, 6.45) is -4.63. The molecule has 5 amide bonds. The highest BCUT2D eigenvalue weighted by molar-refractivity contribution is 6.38. The standard InChI is InChI=1S/C31H48F3N5O6/c1-9-12-35-26(43)23(41)18(13-31(32,33)34)36-25(42)21-19-17(30(19,7)8)14-39(21)27(44)24(29(4,5)6)38-28(45)37-20(15(2)3)22(40)16-10-11-16/h15-21,24H,9-14H2,1-8H3,(H,35,43)(H,36,42)(H2,37,38,45)/t17-,18?,19-,20-,21-,24+/m0/s1. The van der Waals surface area contributed by atoms with Crippen molar-refractivity contribution in [2.24, 2.45) is 34.5 Å². The Labute approximate surface area is 262 Å².